The summed E-state index contributed by atoms with van der Waals surface area (Å²) in [5, 5.41) is 8.32. The Kier molecular flexibility index (Phi) is 4.40. The first-order valence-corrected chi connectivity index (χ1v) is 6.18. The first-order valence-electron chi connectivity index (χ1n) is 6.18. The van der Waals surface area contributed by atoms with Crippen molar-refractivity contribution in [3.05, 3.63) is 70.4 Å². The van der Waals surface area contributed by atoms with E-state index in [9.17, 15) is 9.59 Å². The number of aryl methyl sites for hydroxylation is 1. The molecule has 2 aromatic heterocycles. The Morgan fingerprint density at radius 2 is 1.86 bits per heavy atom. The second-order valence-corrected chi connectivity index (χ2v) is 4.19. The minimum absolute atomic E-state index is 0.0810. The van der Waals surface area contributed by atoms with Crippen molar-refractivity contribution in [1.29, 1.82) is 0 Å². The molecule has 2 heterocycles. The molecule has 0 amide bonds. The first-order chi connectivity index (χ1) is 10.1. The van der Waals surface area contributed by atoms with E-state index in [4.69, 9.17) is 5.11 Å². The molecule has 0 aliphatic rings. The lowest BCUT2D eigenvalue weighted by Crippen LogP contribution is -2.11. The first kappa shape index (κ1) is 14.4. The van der Waals surface area contributed by atoms with Crippen LogP contribution in [0, 0.1) is 6.92 Å². The topological polar surface area (TPSA) is 95.9 Å². The minimum Gasteiger partial charge on any atom is -0.477 e. The molecule has 0 atom stereocenters. The van der Waals surface area contributed by atoms with E-state index >= 15 is 0 Å². The van der Waals surface area contributed by atoms with Crippen LogP contribution in [-0.2, 0) is 0 Å². The lowest BCUT2D eigenvalue weighted by Gasteiger charge is -1.96. The van der Waals surface area contributed by atoms with Gasteiger partial charge in [0.25, 0.3) is 5.56 Å². The van der Waals surface area contributed by atoms with E-state index in [0.29, 0.717) is 5.69 Å². The lowest BCUT2D eigenvalue weighted by molar-refractivity contribution is 0.0690. The van der Waals surface area contributed by atoms with Crippen LogP contribution in [0.3, 0.4) is 0 Å². The van der Waals surface area contributed by atoms with Crippen molar-refractivity contribution in [1.82, 2.24) is 15.0 Å². The molecule has 6 heteroatoms. The van der Waals surface area contributed by atoms with Gasteiger partial charge < -0.3 is 10.1 Å². The third-order valence-corrected chi connectivity index (χ3v) is 2.65. The highest BCUT2D eigenvalue weighted by Crippen LogP contribution is 2.04. The highest BCUT2D eigenvalue weighted by Gasteiger charge is 1.99. The van der Waals surface area contributed by atoms with Crippen LogP contribution in [0.2, 0.25) is 0 Å². The Hall–Kier alpha value is -3.02. The molecule has 3 rings (SSSR count). The highest BCUT2D eigenvalue weighted by atomic mass is 16.4. The molecule has 0 saturated carbocycles. The van der Waals surface area contributed by atoms with Crippen LogP contribution in [0.1, 0.15) is 16.2 Å². The van der Waals surface area contributed by atoms with Crippen molar-refractivity contribution in [2.75, 3.05) is 0 Å². The normalized spacial score (nSPS) is 9.76. The van der Waals surface area contributed by atoms with Gasteiger partial charge >= 0.3 is 5.97 Å². The Morgan fingerprint density at radius 1 is 1.14 bits per heavy atom. The molecule has 0 unspecified atom stereocenters. The fourth-order valence-electron chi connectivity index (χ4n) is 1.61. The zero-order valence-electron chi connectivity index (χ0n) is 11.3. The third-order valence-electron chi connectivity index (χ3n) is 2.65. The monoisotopic (exact) mass is 283 g/mol. The molecule has 21 heavy (non-hydrogen) atoms. The lowest BCUT2D eigenvalue weighted by atomic mass is 10.3. The van der Waals surface area contributed by atoms with Crippen LogP contribution in [0.15, 0.2) is 53.5 Å². The molecule has 0 radical (unpaired) electrons. The number of para-hydroxylation sites is 2. The van der Waals surface area contributed by atoms with E-state index in [2.05, 4.69) is 15.0 Å². The molecule has 6 nitrogen and oxygen atoms in total. The molecule has 0 aliphatic carbocycles. The quantitative estimate of drug-likeness (QED) is 0.712. The van der Waals surface area contributed by atoms with E-state index in [0.717, 1.165) is 11.0 Å². The smallest absolute Gasteiger partial charge is 0.354 e. The number of H-pyrrole nitrogens is 1. The van der Waals surface area contributed by atoms with Gasteiger partial charge in [-0.05, 0) is 31.2 Å². The van der Waals surface area contributed by atoms with Gasteiger partial charge in [0.1, 0.15) is 11.4 Å². The van der Waals surface area contributed by atoms with Gasteiger partial charge in [-0.1, -0.05) is 18.2 Å². The standard InChI is InChI=1S/C9H8N2O.C6H5NO2/c1-6-9(12)11-8-5-3-2-4-7(8)10-6;8-6(9)5-3-1-2-4-7-5/h2-5H,1H3,(H,11,12);1-4H,(H,8,9). The number of benzene rings is 1. The van der Waals surface area contributed by atoms with Gasteiger partial charge in [-0.3, -0.25) is 4.79 Å². The number of fused-ring (bicyclic) bond motifs is 1. The van der Waals surface area contributed by atoms with Gasteiger partial charge in [0.2, 0.25) is 0 Å². The molecular formula is C15H13N3O3. The molecule has 0 aliphatic heterocycles. The summed E-state index contributed by atoms with van der Waals surface area (Å²) in [5.41, 5.74) is 2.09. The van der Waals surface area contributed by atoms with Crippen LogP contribution in [0.25, 0.3) is 11.0 Å². The number of hydrogen-bond acceptors (Lipinski definition) is 4. The number of aromatic carboxylic acids is 1. The second kappa shape index (κ2) is 6.42. The van der Waals surface area contributed by atoms with Crippen molar-refractivity contribution in [3.63, 3.8) is 0 Å². The minimum atomic E-state index is -0.990. The number of rotatable bonds is 1. The van der Waals surface area contributed by atoms with Gasteiger partial charge in [0.15, 0.2) is 0 Å². The molecule has 0 saturated heterocycles. The SMILES string of the molecule is Cc1nc2ccccc2[nH]c1=O.O=C(O)c1ccccn1. The number of carbonyl (C=O) groups is 1. The molecule has 0 bridgehead atoms. The van der Waals surface area contributed by atoms with Crippen molar-refractivity contribution in [2.24, 2.45) is 0 Å². The van der Waals surface area contributed by atoms with Gasteiger partial charge in [0.05, 0.1) is 11.0 Å². The molecule has 2 N–H and O–H groups in total. The fraction of sp³-hybridized carbons (Fsp3) is 0.0667. The second-order valence-electron chi connectivity index (χ2n) is 4.19. The Labute approximate surface area is 120 Å². The van der Waals surface area contributed by atoms with Crippen molar-refractivity contribution in [2.45, 2.75) is 6.92 Å². The summed E-state index contributed by atoms with van der Waals surface area (Å²) in [6.07, 6.45) is 1.45. The average molecular weight is 283 g/mol. The van der Waals surface area contributed by atoms with Crippen LogP contribution < -0.4 is 5.56 Å². The maximum absolute atomic E-state index is 11.1. The van der Waals surface area contributed by atoms with Crippen molar-refractivity contribution < 1.29 is 9.90 Å². The Morgan fingerprint density at radius 3 is 2.48 bits per heavy atom. The van der Waals surface area contributed by atoms with Gasteiger partial charge in [-0.2, -0.15) is 0 Å². The molecule has 0 fully saturated rings. The zero-order valence-corrected chi connectivity index (χ0v) is 11.3. The number of carboxylic acids is 1. The summed E-state index contributed by atoms with van der Waals surface area (Å²) in [7, 11) is 0. The number of nitrogens with zero attached hydrogens (tertiary/aromatic N) is 2. The van der Waals surface area contributed by atoms with E-state index in [-0.39, 0.29) is 11.3 Å². The third kappa shape index (κ3) is 3.73. The number of carboxylic acid groups (broad SMARTS) is 1. The van der Waals surface area contributed by atoms with E-state index < -0.39 is 5.97 Å². The average Bonchev–Trinajstić information content (AvgIpc) is 2.50. The number of nitrogens with one attached hydrogen (secondary N) is 1. The highest BCUT2D eigenvalue weighted by molar-refractivity contribution is 5.85. The summed E-state index contributed by atoms with van der Waals surface area (Å²) in [4.78, 5) is 31.7. The van der Waals surface area contributed by atoms with Crippen molar-refractivity contribution >= 4 is 17.0 Å². The summed E-state index contributed by atoms with van der Waals surface area (Å²) < 4.78 is 0. The number of aromatic nitrogens is 3. The summed E-state index contributed by atoms with van der Waals surface area (Å²) in [5.74, 6) is -0.990. The van der Waals surface area contributed by atoms with Gasteiger partial charge in [-0.25, -0.2) is 14.8 Å². The molecule has 106 valence electrons. The summed E-state index contributed by atoms with van der Waals surface area (Å²) in [6.45, 7) is 1.70. The number of hydrogen-bond donors (Lipinski definition) is 2. The van der Waals surface area contributed by atoms with Crippen molar-refractivity contribution in [3.8, 4) is 0 Å². The molecule has 3 aromatic rings. The predicted octanol–water partition coefficient (Wildman–Crippen LogP) is 2.01. The molecule has 0 spiro atoms. The van der Waals surface area contributed by atoms with Crippen LogP contribution >= 0.6 is 0 Å². The Bertz CT molecular complexity index is 813. The molecule has 1 aromatic carbocycles. The fourth-order valence-corrected chi connectivity index (χ4v) is 1.61. The van der Waals surface area contributed by atoms with Gasteiger partial charge in [0, 0.05) is 6.20 Å². The van der Waals surface area contributed by atoms with Crippen LogP contribution in [0.4, 0.5) is 0 Å². The summed E-state index contributed by atoms with van der Waals surface area (Å²) >= 11 is 0. The predicted molar refractivity (Wildman–Crippen MR) is 78.3 cm³/mol. The Balaban J connectivity index is 0.000000161. The largest absolute Gasteiger partial charge is 0.477 e. The number of aromatic amines is 1. The van der Waals surface area contributed by atoms with Gasteiger partial charge in [-0.15, -0.1) is 0 Å². The molecular weight excluding hydrogens is 270 g/mol. The maximum atomic E-state index is 11.1. The van der Waals surface area contributed by atoms with E-state index in [1.807, 2.05) is 24.3 Å². The zero-order chi connectivity index (χ0) is 15.2. The van der Waals surface area contributed by atoms with E-state index in [1.54, 1.807) is 19.1 Å². The summed E-state index contributed by atoms with van der Waals surface area (Å²) in [6, 6.07) is 12.2. The number of pyridine rings is 1. The van der Waals surface area contributed by atoms with Crippen LogP contribution in [-0.4, -0.2) is 26.0 Å². The maximum Gasteiger partial charge on any atom is 0.354 e. The van der Waals surface area contributed by atoms with E-state index in [1.165, 1.54) is 12.3 Å². The van der Waals surface area contributed by atoms with Crippen LogP contribution in [0.5, 0.6) is 0 Å².